The van der Waals surface area contributed by atoms with Crippen LogP contribution in [-0.2, 0) is 19.6 Å². The summed E-state index contributed by atoms with van der Waals surface area (Å²) in [4.78, 5) is 24.2. The van der Waals surface area contributed by atoms with Crippen LogP contribution in [0.1, 0.15) is 13.8 Å². The Morgan fingerprint density at radius 3 is 2.52 bits per heavy atom. The zero-order chi connectivity index (χ0) is 18.2. The van der Waals surface area contributed by atoms with E-state index in [1.165, 1.54) is 6.07 Å². The summed E-state index contributed by atoms with van der Waals surface area (Å²) in [5.41, 5.74) is 0.480. The molecule has 0 bridgehead atoms. The maximum Gasteiger partial charge on any atom is 0.265 e. The normalized spacial score (nSPS) is 15.8. The van der Waals surface area contributed by atoms with Crippen molar-refractivity contribution in [2.45, 2.75) is 24.8 Å². The van der Waals surface area contributed by atoms with Crippen molar-refractivity contribution in [3.63, 3.8) is 0 Å². The Balaban J connectivity index is 1.86. The third-order valence-electron chi connectivity index (χ3n) is 4.09. The third-order valence-corrected chi connectivity index (χ3v) is 5.89. The second-order valence-electron chi connectivity index (χ2n) is 5.83. The molecule has 0 aliphatic carbocycles. The highest BCUT2D eigenvalue weighted by atomic mass is 32.2. The molecule has 0 saturated carbocycles. The van der Waals surface area contributed by atoms with Crippen LogP contribution >= 0.6 is 0 Å². The molecule has 0 spiro atoms. The predicted octanol–water partition coefficient (Wildman–Crippen LogP) is 0.989. The van der Waals surface area contributed by atoms with Crippen molar-refractivity contribution in [3.8, 4) is 0 Å². The van der Waals surface area contributed by atoms with Crippen molar-refractivity contribution < 1.29 is 18.0 Å². The van der Waals surface area contributed by atoms with Gasteiger partial charge in [-0.3, -0.25) is 13.9 Å². The second-order valence-corrected chi connectivity index (χ2v) is 7.66. The van der Waals surface area contributed by atoms with E-state index in [4.69, 9.17) is 0 Å². The lowest BCUT2D eigenvalue weighted by Gasteiger charge is -2.20. The van der Waals surface area contributed by atoms with E-state index in [1.54, 1.807) is 32.0 Å². The van der Waals surface area contributed by atoms with Crippen LogP contribution in [-0.4, -0.2) is 39.4 Å². The number of amides is 2. The molecule has 1 heterocycles. The Bertz CT molecular complexity index is 950. The Labute approximate surface area is 146 Å². The van der Waals surface area contributed by atoms with Crippen molar-refractivity contribution in [3.05, 3.63) is 36.4 Å². The molecule has 2 aromatic rings. The standard InChI is InChI=1S/C17H19N3O4S/c1-3-18-17(22)11(2)19-15(21)10-20-13-8-4-6-12-7-5-9-14(16(12)13)25(20,23)24/h4-9,11H,3,10H2,1-2H3,(H,18,22)(H,19,21). The summed E-state index contributed by atoms with van der Waals surface area (Å²) in [6.45, 7) is 3.41. The zero-order valence-corrected chi connectivity index (χ0v) is 14.8. The van der Waals surface area contributed by atoms with E-state index < -0.39 is 22.0 Å². The molecule has 1 aliphatic heterocycles. The summed E-state index contributed by atoms with van der Waals surface area (Å²) < 4.78 is 26.7. The van der Waals surface area contributed by atoms with Crippen molar-refractivity contribution in [1.82, 2.24) is 10.6 Å². The van der Waals surface area contributed by atoms with Gasteiger partial charge in [-0.25, -0.2) is 8.42 Å². The van der Waals surface area contributed by atoms with Gasteiger partial charge in [-0.05, 0) is 31.4 Å². The molecule has 1 aliphatic rings. The van der Waals surface area contributed by atoms with Crippen LogP contribution in [0, 0.1) is 0 Å². The van der Waals surface area contributed by atoms with Gasteiger partial charge in [0.25, 0.3) is 10.0 Å². The SMILES string of the molecule is CCNC(=O)C(C)NC(=O)CN1c2cccc3cccc(c23)S1(=O)=O. The molecule has 0 aromatic heterocycles. The molecule has 1 unspecified atom stereocenters. The van der Waals surface area contributed by atoms with Gasteiger partial charge in [0.1, 0.15) is 12.6 Å². The van der Waals surface area contributed by atoms with Crippen LogP contribution in [0.5, 0.6) is 0 Å². The number of carbonyl (C=O) groups excluding carboxylic acids is 2. The first-order chi connectivity index (χ1) is 11.9. The summed E-state index contributed by atoms with van der Waals surface area (Å²) in [5, 5.41) is 6.56. The molecular weight excluding hydrogens is 342 g/mol. The lowest BCUT2D eigenvalue weighted by atomic mass is 10.1. The van der Waals surface area contributed by atoms with Gasteiger partial charge in [-0.2, -0.15) is 0 Å². The largest absolute Gasteiger partial charge is 0.355 e. The molecule has 2 N–H and O–H groups in total. The van der Waals surface area contributed by atoms with Gasteiger partial charge >= 0.3 is 0 Å². The lowest BCUT2D eigenvalue weighted by molar-refractivity contribution is -0.127. The van der Waals surface area contributed by atoms with Crippen LogP contribution in [0.4, 0.5) is 5.69 Å². The van der Waals surface area contributed by atoms with E-state index in [0.717, 1.165) is 9.69 Å². The number of benzene rings is 2. The van der Waals surface area contributed by atoms with Crippen LogP contribution in [0.2, 0.25) is 0 Å². The highest BCUT2D eigenvalue weighted by Crippen LogP contribution is 2.41. The quantitative estimate of drug-likeness (QED) is 0.830. The molecule has 7 nitrogen and oxygen atoms in total. The van der Waals surface area contributed by atoms with E-state index in [9.17, 15) is 18.0 Å². The highest BCUT2D eigenvalue weighted by molar-refractivity contribution is 7.93. The van der Waals surface area contributed by atoms with Gasteiger partial charge in [-0.1, -0.05) is 24.3 Å². The highest BCUT2D eigenvalue weighted by Gasteiger charge is 2.36. The monoisotopic (exact) mass is 361 g/mol. The number of hydrogen-bond donors (Lipinski definition) is 2. The molecule has 8 heteroatoms. The van der Waals surface area contributed by atoms with Crippen molar-refractivity contribution in [1.29, 1.82) is 0 Å². The predicted molar refractivity (Wildman–Crippen MR) is 94.8 cm³/mol. The fourth-order valence-corrected chi connectivity index (χ4v) is 4.61. The molecule has 2 amide bonds. The van der Waals surface area contributed by atoms with Crippen LogP contribution < -0.4 is 14.9 Å². The minimum Gasteiger partial charge on any atom is -0.355 e. The first-order valence-corrected chi connectivity index (χ1v) is 9.42. The lowest BCUT2D eigenvalue weighted by Crippen LogP contribution is -2.48. The number of likely N-dealkylation sites (N-methyl/N-ethyl adjacent to an activating group) is 1. The minimum atomic E-state index is -3.79. The summed E-state index contributed by atoms with van der Waals surface area (Å²) in [7, 11) is -3.79. The molecule has 3 rings (SSSR count). The molecule has 2 aromatic carbocycles. The molecule has 25 heavy (non-hydrogen) atoms. The minimum absolute atomic E-state index is 0.199. The topological polar surface area (TPSA) is 95.6 Å². The number of anilines is 1. The first kappa shape index (κ1) is 17.2. The van der Waals surface area contributed by atoms with Crippen molar-refractivity contribution in [2.75, 3.05) is 17.4 Å². The Morgan fingerprint density at radius 1 is 1.16 bits per heavy atom. The maximum atomic E-state index is 12.8. The number of sulfonamides is 1. The zero-order valence-electron chi connectivity index (χ0n) is 13.9. The number of rotatable bonds is 5. The number of nitrogens with zero attached hydrogens (tertiary/aromatic N) is 1. The third kappa shape index (κ3) is 2.93. The second kappa shape index (κ2) is 6.36. The van der Waals surface area contributed by atoms with Gasteiger partial charge < -0.3 is 10.6 Å². The summed E-state index contributed by atoms with van der Waals surface area (Å²) >= 11 is 0. The van der Waals surface area contributed by atoms with Gasteiger partial charge in [-0.15, -0.1) is 0 Å². The molecule has 1 atom stereocenters. The molecular formula is C17H19N3O4S. The van der Waals surface area contributed by atoms with Crippen molar-refractivity contribution in [2.24, 2.45) is 0 Å². The summed E-state index contributed by atoms with van der Waals surface area (Å²) in [6.07, 6.45) is 0. The van der Waals surface area contributed by atoms with E-state index in [1.807, 2.05) is 12.1 Å². The van der Waals surface area contributed by atoms with E-state index >= 15 is 0 Å². The van der Waals surface area contributed by atoms with E-state index in [0.29, 0.717) is 17.6 Å². The molecule has 0 radical (unpaired) electrons. The number of nitrogens with one attached hydrogen (secondary N) is 2. The van der Waals surface area contributed by atoms with Crippen LogP contribution in [0.15, 0.2) is 41.3 Å². The average molecular weight is 361 g/mol. The van der Waals surface area contributed by atoms with Crippen LogP contribution in [0.25, 0.3) is 10.8 Å². The maximum absolute atomic E-state index is 12.8. The van der Waals surface area contributed by atoms with Gasteiger partial charge in [0, 0.05) is 11.9 Å². The van der Waals surface area contributed by atoms with Crippen LogP contribution in [0.3, 0.4) is 0 Å². The first-order valence-electron chi connectivity index (χ1n) is 7.98. The molecule has 132 valence electrons. The van der Waals surface area contributed by atoms with E-state index in [-0.39, 0.29) is 17.3 Å². The summed E-state index contributed by atoms with van der Waals surface area (Å²) in [6, 6.07) is 9.57. The van der Waals surface area contributed by atoms with Gasteiger partial charge in [0.05, 0.1) is 10.6 Å². The average Bonchev–Trinajstić information content (AvgIpc) is 2.78. The smallest absolute Gasteiger partial charge is 0.265 e. The molecule has 0 saturated heterocycles. The number of hydrogen-bond acceptors (Lipinski definition) is 4. The van der Waals surface area contributed by atoms with Crippen molar-refractivity contribution >= 4 is 38.3 Å². The Morgan fingerprint density at radius 2 is 1.84 bits per heavy atom. The van der Waals surface area contributed by atoms with E-state index in [2.05, 4.69) is 10.6 Å². The van der Waals surface area contributed by atoms with Gasteiger partial charge in [0.2, 0.25) is 11.8 Å². The Kier molecular flexibility index (Phi) is 4.38. The van der Waals surface area contributed by atoms with Gasteiger partial charge in [0.15, 0.2) is 0 Å². The fourth-order valence-electron chi connectivity index (χ4n) is 2.94. The summed E-state index contributed by atoms with van der Waals surface area (Å²) in [5.74, 6) is -0.849. The fraction of sp³-hybridized carbons (Fsp3) is 0.294. The molecule has 0 fully saturated rings. The Hall–Kier alpha value is -2.61. The number of carbonyl (C=O) groups is 2.